The van der Waals surface area contributed by atoms with Gasteiger partial charge in [0, 0.05) is 31.9 Å². The van der Waals surface area contributed by atoms with Crippen LogP contribution < -0.4 is 11.1 Å². The quantitative estimate of drug-likeness (QED) is 0.458. The highest BCUT2D eigenvalue weighted by Gasteiger charge is 2.11. The number of nitrogens with zero attached hydrogens (tertiary/aromatic N) is 1. The molecule has 0 saturated carbocycles. The van der Waals surface area contributed by atoms with Crippen molar-refractivity contribution in [3.63, 3.8) is 0 Å². The Morgan fingerprint density at radius 2 is 2.44 bits per heavy atom. The summed E-state index contributed by atoms with van der Waals surface area (Å²) in [4.78, 5) is 4.05. The maximum Gasteiger partial charge on any atom is 0.0542 e. The maximum absolute atomic E-state index is 5.32. The summed E-state index contributed by atoms with van der Waals surface area (Å²) in [6, 6.07) is 0. The van der Waals surface area contributed by atoms with Crippen LogP contribution in [0.4, 0.5) is 0 Å². The summed E-state index contributed by atoms with van der Waals surface area (Å²) in [5.41, 5.74) is 7.52. The minimum Gasteiger partial charge on any atom is -0.404 e. The van der Waals surface area contributed by atoms with E-state index in [4.69, 9.17) is 5.73 Å². The van der Waals surface area contributed by atoms with Crippen LogP contribution in [0.5, 0.6) is 0 Å². The maximum atomic E-state index is 5.32. The van der Waals surface area contributed by atoms with Crippen LogP contribution in [0.3, 0.4) is 0 Å². The van der Waals surface area contributed by atoms with Crippen LogP contribution in [0.15, 0.2) is 16.8 Å². The van der Waals surface area contributed by atoms with Gasteiger partial charge in [-0.2, -0.15) is 0 Å². The predicted octanol–water partition coefficient (Wildman–Crippen LogP) is -0.497. The number of hydrogen-bond donors (Lipinski definition) is 2. The second-order valence-corrected chi connectivity index (χ2v) is 1.97. The molecule has 0 amide bonds. The largest absolute Gasteiger partial charge is 0.404 e. The minimum atomic E-state index is 0.861. The van der Waals surface area contributed by atoms with E-state index < -0.39 is 0 Å². The second-order valence-electron chi connectivity index (χ2n) is 1.97. The summed E-state index contributed by atoms with van der Waals surface area (Å²) in [5.74, 6) is 0. The summed E-state index contributed by atoms with van der Waals surface area (Å²) in [6.45, 7) is 1.72. The van der Waals surface area contributed by atoms with Crippen LogP contribution in [0.25, 0.3) is 0 Å². The summed E-state index contributed by atoms with van der Waals surface area (Å²) in [7, 11) is 1.78. The van der Waals surface area contributed by atoms with Crippen molar-refractivity contribution in [2.24, 2.45) is 10.7 Å². The molecule has 0 unspecified atom stereocenters. The molecule has 0 radical (unpaired) electrons. The zero-order chi connectivity index (χ0) is 6.69. The minimum absolute atomic E-state index is 0.861. The highest BCUT2D eigenvalue weighted by Crippen LogP contribution is 2.00. The van der Waals surface area contributed by atoms with Crippen LogP contribution >= 0.6 is 0 Å². The molecule has 50 valence electrons. The van der Waals surface area contributed by atoms with Gasteiger partial charge in [-0.15, -0.1) is 0 Å². The average molecular weight is 125 g/mol. The van der Waals surface area contributed by atoms with Crippen molar-refractivity contribution in [3.8, 4) is 0 Å². The molecular formula is C6H11N3. The first kappa shape index (κ1) is 6.29. The van der Waals surface area contributed by atoms with E-state index in [2.05, 4.69) is 10.3 Å². The molecule has 1 saturated heterocycles. The zero-order valence-electron chi connectivity index (χ0n) is 5.52. The van der Waals surface area contributed by atoms with E-state index in [1.807, 2.05) is 0 Å². The smallest absolute Gasteiger partial charge is 0.0542 e. The van der Waals surface area contributed by atoms with Crippen molar-refractivity contribution in [2.75, 3.05) is 20.1 Å². The second kappa shape index (κ2) is 2.64. The molecule has 3 N–H and O–H groups in total. The molecule has 0 bridgehead atoms. The first-order valence-corrected chi connectivity index (χ1v) is 2.96. The van der Waals surface area contributed by atoms with E-state index in [9.17, 15) is 0 Å². The normalized spacial score (nSPS) is 28.1. The van der Waals surface area contributed by atoms with Gasteiger partial charge >= 0.3 is 0 Å². The molecule has 3 nitrogen and oxygen atoms in total. The lowest BCUT2D eigenvalue weighted by molar-refractivity contribution is 0.906. The fourth-order valence-corrected chi connectivity index (χ4v) is 0.909. The Kier molecular flexibility index (Phi) is 1.85. The molecule has 0 aromatic heterocycles. The van der Waals surface area contributed by atoms with Gasteiger partial charge in [-0.1, -0.05) is 0 Å². The number of aliphatic imine (C=N–C) groups is 1. The molecule has 1 aliphatic rings. The lowest BCUT2D eigenvalue weighted by Gasteiger charge is -1.91. The summed E-state index contributed by atoms with van der Waals surface area (Å²) >= 11 is 0. The summed E-state index contributed by atoms with van der Waals surface area (Å²) in [5, 5.41) is 3.15. The molecule has 0 atom stereocenters. The molecule has 1 aliphatic heterocycles. The first-order chi connectivity index (χ1) is 4.38. The molecule has 3 heteroatoms. The summed E-state index contributed by atoms with van der Waals surface area (Å²) in [6.07, 6.45) is 1.61. The van der Waals surface area contributed by atoms with Crippen molar-refractivity contribution < 1.29 is 0 Å². The fraction of sp³-hybridized carbons (Fsp3) is 0.500. The van der Waals surface area contributed by atoms with Gasteiger partial charge in [-0.3, -0.25) is 4.99 Å². The molecule has 0 aliphatic carbocycles. The van der Waals surface area contributed by atoms with Gasteiger partial charge in [0.25, 0.3) is 0 Å². The van der Waals surface area contributed by atoms with E-state index in [1.54, 1.807) is 13.2 Å². The van der Waals surface area contributed by atoms with E-state index >= 15 is 0 Å². The Labute approximate surface area is 54.7 Å². The number of nitrogens with two attached hydrogens (primary N) is 1. The molecule has 0 aromatic rings. The Morgan fingerprint density at radius 1 is 1.67 bits per heavy atom. The average Bonchev–Trinajstić information content (AvgIpc) is 2.33. The lowest BCUT2D eigenvalue weighted by atomic mass is 10.2. The van der Waals surface area contributed by atoms with Crippen LogP contribution in [-0.2, 0) is 0 Å². The van der Waals surface area contributed by atoms with Crippen molar-refractivity contribution in [2.45, 2.75) is 0 Å². The molecule has 9 heavy (non-hydrogen) atoms. The standard InChI is InChI=1S/C6H11N3/c1-8-6-4-9-3-5(6)2-7/h2,9H,3-4,7H2,1H3/b5-2-,8-6?. The Hall–Kier alpha value is -0.830. The SMILES string of the molecule is CN=C1CNC/C1=C/N. The van der Waals surface area contributed by atoms with Gasteiger partial charge in [-0.25, -0.2) is 0 Å². The molecule has 1 heterocycles. The van der Waals surface area contributed by atoms with Crippen LogP contribution in [0, 0.1) is 0 Å². The highest BCUT2D eigenvalue weighted by atomic mass is 14.9. The van der Waals surface area contributed by atoms with E-state index in [-0.39, 0.29) is 0 Å². The van der Waals surface area contributed by atoms with Gasteiger partial charge in [0.2, 0.25) is 0 Å². The lowest BCUT2D eigenvalue weighted by Crippen LogP contribution is -2.07. The topological polar surface area (TPSA) is 50.4 Å². The van der Waals surface area contributed by atoms with E-state index in [0.29, 0.717) is 0 Å². The van der Waals surface area contributed by atoms with Gasteiger partial charge in [-0.05, 0) is 0 Å². The predicted molar refractivity (Wildman–Crippen MR) is 38.5 cm³/mol. The van der Waals surface area contributed by atoms with Crippen molar-refractivity contribution in [1.82, 2.24) is 5.32 Å². The van der Waals surface area contributed by atoms with Crippen LogP contribution in [0.1, 0.15) is 0 Å². The Morgan fingerprint density at radius 3 is 2.89 bits per heavy atom. The third-order valence-electron chi connectivity index (χ3n) is 1.45. The zero-order valence-corrected chi connectivity index (χ0v) is 5.52. The van der Waals surface area contributed by atoms with E-state index in [1.165, 1.54) is 0 Å². The third-order valence-corrected chi connectivity index (χ3v) is 1.45. The summed E-state index contributed by atoms with van der Waals surface area (Å²) < 4.78 is 0. The Balaban J connectivity index is 2.75. The number of rotatable bonds is 0. The van der Waals surface area contributed by atoms with Gasteiger partial charge < -0.3 is 11.1 Å². The molecular weight excluding hydrogens is 114 g/mol. The molecule has 1 rings (SSSR count). The van der Waals surface area contributed by atoms with Crippen molar-refractivity contribution in [1.29, 1.82) is 0 Å². The Bertz CT molecular complexity index is 140. The third kappa shape index (κ3) is 1.10. The van der Waals surface area contributed by atoms with Gasteiger partial charge in [0.05, 0.1) is 5.71 Å². The highest BCUT2D eigenvalue weighted by molar-refractivity contribution is 6.03. The van der Waals surface area contributed by atoms with Crippen LogP contribution in [0.2, 0.25) is 0 Å². The van der Waals surface area contributed by atoms with Crippen LogP contribution in [-0.4, -0.2) is 25.8 Å². The monoisotopic (exact) mass is 125 g/mol. The van der Waals surface area contributed by atoms with Crippen molar-refractivity contribution in [3.05, 3.63) is 11.8 Å². The van der Waals surface area contributed by atoms with Crippen molar-refractivity contribution >= 4 is 5.71 Å². The number of hydrogen-bond acceptors (Lipinski definition) is 3. The first-order valence-electron chi connectivity index (χ1n) is 2.96. The fourth-order valence-electron chi connectivity index (χ4n) is 0.909. The van der Waals surface area contributed by atoms with Gasteiger partial charge in [0.15, 0.2) is 0 Å². The molecule has 0 aromatic carbocycles. The molecule has 1 fully saturated rings. The van der Waals surface area contributed by atoms with Gasteiger partial charge in [0.1, 0.15) is 0 Å². The van der Waals surface area contributed by atoms with E-state index in [0.717, 1.165) is 24.4 Å². The number of nitrogens with one attached hydrogen (secondary N) is 1. The molecule has 0 spiro atoms.